The highest BCUT2D eigenvalue weighted by Crippen LogP contribution is 2.31. The van der Waals surface area contributed by atoms with Crippen LogP contribution in [0, 0.1) is 14.9 Å². The predicted molar refractivity (Wildman–Crippen MR) is 68.6 cm³/mol. The summed E-state index contributed by atoms with van der Waals surface area (Å²) in [5.74, 6) is 0. The van der Waals surface area contributed by atoms with Gasteiger partial charge in [0.1, 0.15) is 6.07 Å². The van der Waals surface area contributed by atoms with Crippen LogP contribution in [0.2, 0.25) is 0 Å². The van der Waals surface area contributed by atoms with Crippen molar-refractivity contribution >= 4 is 44.0 Å². The van der Waals surface area contributed by atoms with Crippen LogP contribution in [0.1, 0.15) is 18.1 Å². The second kappa shape index (κ2) is 3.87. The van der Waals surface area contributed by atoms with Crippen LogP contribution < -0.4 is 0 Å². The summed E-state index contributed by atoms with van der Waals surface area (Å²) in [6.45, 7) is 2.13. The highest BCUT2D eigenvalue weighted by Gasteiger charge is 2.09. The zero-order chi connectivity index (χ0) is 10.1. The molecule has 0 saturated heterocycles. The van der Waals surface area contributed by atoms with Crippen molar-refractivity contribution in [3.63, 3.8) is 0 Å². The van der Waals surface area contributed by atoms with Crippen molar-refractivity contribution in [2.75, 3.05) is 0 Å². The Kier molecular flexibility index (Phi) is 2.75. The van der Waals surface area contributed by atoms with E-state index in [0.717, 1.165) is 17.4 Å². The van der Waals surface area contributed by atoms with Crippen LogP contribution in [0.4, 0.5) is 0 Å². The number of fused-ring (bicyclic) bond motifs is 1. The molecule has 70 valence electrons. The Morgan fingerprint density at radius 2 is 2.29 bits per heavy atom. The van der Waals surface area contributed by atoms with E-state index < -0.39 is 0 Å². The number of nitrogens with zero attached hydrogens (tertiary/aromatic N) is 1. The number of halogens is 1. The van der Waals surface area contributed by atoms with Gasteiger partial charge in [-0.1, -0.05) is 6.92 Å². The number of benzene rings is 1. The van der Waals surface area contributed by atoms with Crippen molar-refractivity contribution in [3.8, 4) is 6.07 Å². The Labute approximate surface area is 101 Å². The van der Waals surface area contributed by atoms with Gasteiger partial charge in [0.2, 0.25) is 0 Å². The van der Waals surface area contributed by atoms with Gasteiger partial charge in [-0.05, 0) is 46.7 Å². The molecule has 1 nitrogen and oxygen atoms in total. The van der Waals surface area contributed by atoms with Gasteiger partial charge in [-0.25, -0.2) is 0 Å². The molecule has 0 spiro atoms. The first-order chi connectivity index (χ1) is 6.77. The molecule has 0 bridgehead atoms. The molecule has 0 radical (unpaired) electrons. The van der Waals surface area contributed by atoms with Crippen molar-refractivity contribution in [2.24, 2.45) is 0 Å². The number of nitriles is 1. The third-order valence-electron chi connectivity index (χ3n) is 2.26. The third kappa shape index (κ3) is 1.43. The van der Waals surface area contributed by atoms with Crippen molar-refractivity contribution in [3.05, 3.63) is 32.2 Å². The minimum absolute atomic E-state index is 0.820. The Morgan fingerprint density at radius 1 is 1.50 bits per heavy atom. The lowest BCUT2D eigenvalue weighted by Crippen LogP contribution is -1.87. The summed E-state index contributed by atoms with van der Waals surface area (Å²) in [5.41, 5.74) is 2.13. The molecule has 1 heterocycles. The maximum absolute atomic E-state index is 8.99. The van der Waals surface area contributed by atoms with E-state index in [4.69, 9.17) is 5.26 Å². The van der Waals surface area contributed by atoms with Crippen molar-refractivity contribution in [1.29, 1.82) is 5.26 Å². The van der Waals surface area contributed by atoms with Gasteiger partial charge in [0.15, 0.2) is 0 Å². The number of hydrogen-bond donors (Lipinski definition) is 0. The molecular formula is C11H8INS. The van der Waals surface area contributed by atoms with Gasteiger partial charge in [-0.15, -0.1) is 11.3 Å². The first kappa shape index (κ1) is 9.94. The Morgan fingerprint density at radius 3 is 2.93 bits per heavy atom. The van der Waals surface area contributed by atoms with E-state index in [1.807, 2.05) is 5.38 Å². The second-order valence-electron chi connectivity index (χ2n) is 3.01. The Balaban J connectivity index is 2.90. The molecule has 0 aliphatic carbocycles. The summed E-state index contributed by atoms with van der Waals surface area (Å²) in [6.07, 6.45) is 0.987. The van der Waals surface area contributed by atoms with Gasteiger partial charge in [-0.3, -0.25) is 0 Å². The molecule has 2 aromatic rings. The van der Waals surface area contributed by atoms with Gasteiger partial charge in [-0.2, -0.15) is 5.26 Å². The largest absolute Gasteiger partial charge is 0.192 e. The quantitative estimate of drug-likeness (QED) is 0.732. The molecule has 2 rings (SSSR count). The zero-order valence-corrected chi connectivity index (χ0v) is 10.6. The Bertz CT molecular complexity index is 522. The van der Waals surface area contributed by atoms with Gasteiger partial charge in [0, 0.05) is 19.0 Å². The van der Waals surface area contributed by atoms with Crippen LogP contribution in [-0.2, 0) is 6.42 Å². The molecule has 14 heavy (non-hydrogen) atoms. The zero-order valence-electron chi connectivity index (χ0n) is 7.67. The van der Waals surface area contributed by atoms with Crippen molar-refractivity contribution in [1.82, 2.24) is 0 Å². The van der Waals surface area contributed by atoms with Crippen LogP contribution in [0.5, 0.6) is 0 Å². The number of thiophene rings is 1. The first-order valence-electron chi connectivity index (χ1n) is 4.36. The van der Waals surface area contributed by atoms with Crippen LogP contribution in [0.3, 0.4) is 0 Å². The van der Waals surface area contributed by atoms with Gasteiger partial charge >= 0.3 is 0 Å². The molecule has 0 aliphatic rings. The molecule has 0 saturated carbocycles. The molecule has 0 amide bonds. The number of rotatable bonds is 1. The van der Waals surface area contributed by atoms with Gasteiger partial charge in [0.25, 0.3) is 0 Å². The molecule has 0 unspecified atom stereocenters. The lowest BCUT2D eigenvalue weighted by atomic mass is 10.1. The first-order valence-corrected chi connectivity index (χ1v) is 6.32. The summed E-state index contributed by atoms with van der Waals surface area (Å²) in [4.78, 5) is 0. The van der Waals surface area contributed by atoms with Crippen molar-refractivity contribution in [2.45, 2.75) is 13.3 Å². The smallest absolute Gasteiger partial charge is 0.101 e. The Hall–Kier alpha value is -0.600. The maximum atomic E-state index is 8.99. The van der Waals surface area contributed by atoms with Gasteiger partial charge in [0.05, 0.1) is 5.56 Å². The maximum Gasteiger partial charge on any atom is 0.101 e. The van der Waals surface area contributed by atoms with Crippen LogP contribution >= 0.6 is 33.9 Å². The molecule has 1 aromatic carbocycles. The lowest BCUT2D eigenvalue weighted by Gasteiger charge is -2.03. The molecule has 0 atom stereocenters. The molecular weight excluding hydrogens is 305 g/mol. The summed E-state index contributed by atoms with van der Waals surface area (Å²) >= 11 is 3.99. The topological polar surface area (TPSA) is 23.8 Å². The van der Waals surface area contributed by atoms with E-state index >= 15 is 0 Å². The van der Waals surface area contributed by atoms with E-state index in [2.05, 4.69) is 47.7 Å². The highest BCUT2D eigenvalue weighted by molar-refractivity contribution is 14.1. The molecule has 0 fully saturated rings. The summed E-state index contributed by atoms with van der Waals surface area (Å²) < 4.78 is 2.48. The minimum atomic E-state index is 0.820. The molecule has 3 heteroatoms. The lowest BCUT2D eigenvalue weighted by molar-refractivity contribution is 1.15. The fourth-order valence-corrected chi connectivity index (χ4v) is 3.35. The van der Waals surface area contributed by atoms with E-state index in [-0.39, 0.29) is 0 Å². The summed E-state index contributed by atoms with van der Waals surface area (Å²) in [5, 5.41) is 12.1. The summed E-state index contributed by atoms with van der Waals surface area (Å²) in [7, 11) is 0. The van der Waals surface area contributed by atoms with E-state index in [1.165, 1.54) is 13.8 Å². The normalized spacial score (nSPS) is 10.4. The molecule has 0 aliphatic heterocycles. The highest BCUT2D eigenvalue weighted by atomic mass is 127. The monoisotopic (exact) mass is 313 g/mol. The third-order valence-corrected chi connectivity index (χ3v) is 4.22. The predicted octanol–water partition coefficient (Wildman–Crippen LogP) is 3.94. The van der Waals surface area contributed by atoms with Crippen molar-refractivity contribution < 1.29 is 0 Å². The van der Waals surface area contributed by atoms with Crippen LogP contribution in [0.25, 0.3) is 10.1 Å². The average molecular weight is 313 g/mol. The van der Waals surface area contributed by atoms with Crippen LogP contribution in [0.15, 0.2) is 17.5 Å². The fourth-order valence-electron chi connectivity index (χ4n) is 1.60. The fraction of sp³-hybridized carbons (Fsp3) is 0.182. The SMILES string of the molecule is CCc1c(I)ccc2scc(C#N)c12. The van der Waals surface area contributed by atoms with E-state index in [9.17, 15) is 0 Å². The number of aryl methyl sites for hydroxylation is 1. The van der Waals surface area contributed by atoms with E-state index in [0.29, 0.717) is 0 Å². The average Bonchev–Trinajstić information content (AvgIpc) is 2.61. The molecule has 1 aromatic heterocycles. The summed E-state index contributed by atoms with van der Waals surface area (Å²) in [6, 6.07) is 6.48. The second-order valence-corrected chi connectivity index (χ2v) is 5.09. The standard InChI is InChI=1S/C11H8INS/c1-2-8-9(12)3-4-10-11(8)7(5-13)6-14-10/h3-4,6H,2H2,1H3. The van der Waals surface area contributed by atoms with Crippen LogP contribution in [-0.4, -0.2) is 0 Å². The number of hydrogen-bond acceptors (Lipinski definition) is 2. The minimum Gasteiger partial charge on any atom is -0.192 e. The van der Waals surface area contributed by atoms with E-state index in [1.54, 1.807) is 11.3 Å². The van der Waals surface area contributed by atoms with Gasteiger partial charge < -0.3 is 0 Å². The molecule has 0 N–H and O–H groups in total.